The first-order chi connectivity index (χ1) is 8.95. The lowest BCUT2D eigenvalue weighted by molar-refractivity contribution is 0.198. The molecule has 6 heteroatoms. The molecule has 2 N–H and O–H groups in total. The first kappa shape index (κ1) is 12.3. The van der Waals surface area contributed by atoms with Crippen molar-refractivity contribution in [1.29, 1.82) is 0 Å². The Balaban J connectivity index is 2.13. The zero-order chi connectivity index (χ0) is 13.6. The number of fused-ring (bicyclic) bond motifs is 1. The van der Waals surface area contributed by atoms with Crippen LogP contribution in [0.1, 0.15) is 33.0 Å². The number of hydrogen-bond acceptors (Lipinski definition) is 5. The molecule has 19 heavy (non-hydrogen) atoms. The normalized spacial score (nSPS) is 20.4. The molecule has 0 amide bonds. The Bertz CT molecular complexity index is 601. The Morgan fingerprint density at radius 3 is 2.79 bits per heavy atom. The van der Waals surface area contributed by atoms with Gasteiger partial charge in [-0.3, -0.25) is 5.10 Å². The summed E-state index contributed by atoms with van der Waals surface area (Å²) in [4.78, 5) is 11.4. The summed E-state index contributed by atoms with van der Waals surface area (Å²) in [5.74, 6) is 1.67. The van der Waals surface area contributed by atoms with Crippen molar-refractivity contribution in [3.8, 4) is 0 Å². The van der Waals surface area contributed by atoms with E-state index in [1.165, 1.54) is 0 Å². The number of aliphatic hydroxyl groups excluding tert-OH is 1. The topological polar surface area (TPSA) is 77.9 Å². The zero-order valence-corrected chi connectivity index (χ0v) is 11.5. The van der Waals surface area contributed by atoms with Crippen LogP contribution in [-0.4, -0.2) is 44.5 Å². The van der Waals surface area contributed by atoms with Crippen LogP contribution < -0.4 is 4.90 Å². The lowest BCUT2D eigenvalue weighted by atomic mass is 9.95. The van der Waals surface area contributed by atoms with Crippen LogP contribution in [0.2, 0.25) is 0 Å². The fraction of sp³-hybridized carbons (Fsp3) is 0.615. The van der Waals surface area contributed by atoms with E-state index in [9.17, 15) is 5.11 Å². The molecule has 3 rings (SSSR count). The number of anilines is 1. The van der Waals surface area contributed by atoms with Crippen molar-refractivity contribution in [2.24, 2.45) is 0 Å². The molecule has 6 nitrogen and oxygen atoms in total. The van der Waals surface area contributed by atoms with Gasteiger partial charge < -0.3 is 10.0 Å². The van der Waals surface area contributed by atoms with Gasteiger partial charge in [-0.15, -0.1) is 0 Å². The Morgan fingerprint density at radius 2 is 2.16 bits per heavy atom. The average Bonchev–Trinajstić information content (AvgIpc) is 2.94. The molecule has 2 aromatic heterocycles. The van der Waals surface area contributed by atoms with E-state index >= 15 is 0 Å². The number of nitrogens with zero attached hydrogens (tertiary/aromatic N) is 4. The summed E-state index contributed by atoms with van der Waals surface area (Å²) in [6.07, 6.45) is 2.27. The van der Waals surface area contributed by atoms with Gasteiger partial charge in [-0.1, -0.05) is 20.8 Å². The maximum absolute atomic E-state index is 9.70. The molecular formula is C13H19N5O. The van der Waals surface area contributed by atoms with Gasteiger partial charge in [-0.05, 0) is 6.42 Å². The van der Waals surface area contributed by atoms with Gasteiger partial charge in [0.2, 0.25) is 0 Å². The van der Waals surface area contributed by atoms with Gasteiger partial charge >= 0.3 is 0 Å². The lowest BCUT2D eigenvalue weighted by Crippen LogP contribution is -2.25. The highest BCUT2D eigenvalue weighted by Gasteiger charge is 2.26. The molecule has 0 radical (unpaired) electrons. The average molecular weight is 261 g/mol. The van der Waals surface area contributed by atoms with Crippen LogP contribution >= 0.6 is 0 Å². The van der Waals surface area contributed by atoms with E-state index < -0.39 is 0 Å². The van der Waals surface area contributed by atoms with Gasteiger partial charge in [-0.25, -0.2) is 9.97 Å². The number of aromatic nitrogens is 4. The molecule has 102 valence electrons. The molecule has 1 fully saturated rings. The van der Waals surface area contributed by atoms with Crippen molar-refractivity contribution in [1.82, 2.24) is 20.2 Å². The van der Waals surface area contributed by atoms with Crippen molar-refractivity contribution in [2.75, 3.05) is 18.0 Å². The van der Waals surface area contributed by atoms with E-state index in [-0.39, 0.29) is 11.5 Å². The predicted molar refractivity (Wildman–Crippen MR) is 73.2 cm³/mol. The molecule has 1 aliphatic rings. The Kier molecular flexibility index (Phi) is 2.70. The quantitative estimate of drug-likeness (QED) is 0.807. The lowest BCUT2D eigenvalue weighted by Gasteiger charge is -2.22. The zero-order valence-electron chi connectivity index (χ0n) is 11.5. The summed E-state index contributed by atoms with van der Waals surface area (Å²) in [7, 11) is 0. The number of H-pyrrole nitrogens is 1. The summed E-state index contributed by atoms with van der Waals surface area (Å²) < 4.78 is 0. The Hall–Kier alpha value is -1.69. The maximum Gasteiger partial charge on any atom is 0.161 e. The molecule has 0 bridgehead atoms. The van der Waals surface area contributed by atoms with Crippen molar-refractivity contribution >= 4 is 16.9 Å². The molecule has 1 saturated heterocycles. The van der Waals surface area contributed by atoms with Crippen LogP contribution in [0.25, 0.3) is 11.0 Å². The van der Waals surface area contributed by atoms with Gasteiger partial charge in [0.15, 0.2) is 5.65 Å². The van der Waals surface area contributed by atoms with Crippen molar-refractivity contribution in [3.63, 3.8) is 0 Å². The van der Waals surface area contributed by atoms with Crippen molar-refractivity contribution in [2.45, 2.75) is 38.7 Å². The number of β-amino-alcohol motifs (C(OH)–C–C–N with tert-alkyl or cyclic N) is 1. The van der Waals surface area contributed by atoms with Crippen LogP contribution in [0.4, 0.5) is 5.82 Å². The maximum atomic E-state index is 9.70. The Morgan fingerprint density at radius 1 is 1.37 bits per heavy atom. The Labute approximate surface area is 111 Å². The fourth-order valence-corrected chi connectivity index (χ4v) is 2.33. The monoisotopic (exact) mass is 261 g/mol. The van der Waals surface area contributed by atoms with E-state index in [1.54, 1.807) is 6.20 Å². The highest BCUT2D eigenvalue weighted by molar-refractivity contribution is 5.86. The van der Waals surface area contributed by atoms with Gasteiger partial charge in [-0.2, -0.15) is 5.10 Å². The molecule has 0 saturated carbocycles. The number of rotatable bonds is 1. The number of nitrogens with one attached hydrogen (secondary N) is 1. The minimum Gasteiger partial charge on any atom is -0.391 e. The largest absolute Gasteiger partial charge is 0.391 e. The van der Waals surface area contributed by atoms with Gasteiger partial charge in [0.1, 0.15) is 11.6 Å². The van der Waals surface area contributed by atoms with Gasteiger partial charge in [0.05, 0.1) is 17.7 Å². The molecule has 3 heterocycles. The molecular weight excluding hydrogens is 242 g/mol. The third-order valence-electron chi connectivity index (χ3n) is 3.42. The minimum atomic E-state index is -0.269. The standard InChI is InChI=1S/C13H19N5O/c1-13(2,3)12-15-10-9(6-14-17-10)11(16-12)18-5-4-8(19)7-18/h6,8,19H,4-5,7H2,1-3H3,(H,14,15,16,17). The molecule has 1 unspecified atom stereocenters. The summed E-state index contributed by atoms with van der Waals surface area (Å²) in [6, 6.07) is 0. The molecule has 2 aromatic rings. The van der Waals surface area contributed by atoms with E-state index in [1.807, 2.05) is 0 Å². The summed E-state index contributed by atoms with van der Waals surface area (Å²) in [5, 5.41) is 17.6. The van der Waals surface area contributed by atoms with Gasteiger partial charge in [0.25, 0.3) is 0 Å². The van der Waals surface area contributed by atoms with Crippen LogP contribution in [0, 0.1) is 0 Å². The second kappa shape index (κ2) is 4.16. The molecule has 0 aliphatic carbocycles. The van der Waals surface area contributed by atoms with E-state index in [2.05, 4.69) is 40.9 Å². The second-order valence-corrected chi connectivity index (χ2v) is 6.14. The third kappa shape index (κ3) is 2.16. The molecule has 1 aliphatic heterocycles. The number of aromatic amines is 1. The smallest absolute Gasteiger partial charge is 0.161 e. The van der Waals surface area contributed by atoms with Crippen LogP contribution in [-0.2, 0) is 5.41 Å². The molecule has 1 atom stereocenters. The second-order valence-electron chi connectivity index (χ2n) is 6.14. The summed E-state index contributed by atoms with van der Waals surface area (Å²) in [5.41, 5.74) is 0.642. The molecule has 0 aromatic carbocycles. The number of aliphatic hydroxyl groups is 1. The fourth-order valence-electron chi connectivity index (χ4n) is 2.33. The van der Waals surface area contributed by atoms with E-state index in [4.69, 9.17) is 4.98 Å². The minimum absolute atomic E-state index is 0.119. The first-order valence-corrected chi connectivity index (χ1v) is 6.60. The van der Waals surface area contributed by atoms with Crippen molar-refractivity contribution in [3.05, 3.63) is 12.0 Å². The predicted octanol–water partition coefficient (Wildman–Crippen LogP) is 1.22. The summed E-state index contributed by atoms with van der Waals surface area (Å²) >= 11 is 0. The van der Waals surface area contributed by atoms with Crippen LogP contribution in [0.15, 0.2) is 6.20 Å². The molecule has 0 spiro atoms. The van der Waals surface area contributed by atoms with Crippen LogP contribution in [0.3, 0.4) is 0 Å². The van der Waals surface area contributed by atoms with Gasteiger partial charge in [0, 0.05) is 18.5 Å². The highest BCUT2D eigenvalue weighted by atomic mass is 16.3. The third-order valence-corrected chi connectivity index (χ3v) is 3.42. The highest BCUT2D eigenvalue weighted by Crippen LogP contribution is 2.29. The first-order valence-electron chi connectivity index (χ1n) is 6.60. The summed E-state index contributed by atoms with van der Waals surface area (Å²) in [6.45, 7) is 7.72. The number of hydrogen-bond donors (Lipinski definition) is 2. The van der Waals surface area contributed by atoms with Crippen molar-refractivity contribution < 1.29 is 5.11 Å². The van der Waals surface area contributed by atoms with E-state index in [0.29, 0.717) is 6.54 Å². The van der Waals surface area contributed by atoms with E-state index in [0.717, 1.165) is 35.6 Å². The van der Waals surface area contributed by atoms with Crippen LogP contribution in [0.5, 0.6) is 0 Å². The SMILES string of the molecule is CC(C)(C)c1nc(N2CCC(O)C2)c2cn[nH]c2n1.